The van der Waals surface area contributed by atoms with E-state index < -0.39 is 20.0 Å². The van der Waals surface area contributed by atoms with Gasteiger partial charge in [-0.05, 0) is 54.6 Å². The number of hydrogen-bond donors (Lipinski definition) is 1. The molecule has 0 spiro atoms. The van der Waals surface area contributed by atoms with Gasteiger partial charge in [0.2, 0.25) is 10.0 Å². The molecule has 1 saturated heterocycles. The number of thiophene rings is 1. The molecular formula is C20H20N2O4S3. The fraction of sp³-hybridized carbons (Fsp3) is 0.200. The van der Waals surface area contributed by atoms with E-state index in [1.807, 2.05) is 29.6 Å². The highest BCUT2D eigenvalue weighted by atomic mass is 32.2. The van der Waals surface area contributed by atoms with E-state index in [1.54, 1.807) is 12.1 Å². The molecule has 0 bridgehead atoms. The lowest BCUT2D eigenvalue weighted by molar-refractivity contribution is 0.477. The Morgan fingerprint density at radius 2 is 1.45 bits per heavy atom. The zero-order chi connectivity index (χ0) is 20.5. The Hall–Kier alpha value is -2.20. The van der Waals surface area contributed by atoms with E-state index in [4.69, 9.17) is 0 Å². The molecule has 0 amide bonds. The third-order valence-electron chi connectivity index (χ3n) is 4.79. The summed E-state index contributed by atoms with van der Waals surface area (Å²) in [6, 6.07) is 16.4. The van der Waals surface area contributed by atoms with E-state index in [-0.39, 0.29) is 9.79 Å². The Morgan fingerprint density at radius 3 is 2.10 bits per heavy atom. The highest BCUT2D eigenvalue weighted by Crippen LogP contribution is 2.32. The van der Waals surface area contributed by atoms with Gasteiger partial charge in [-0.25, -0.2) is 16.8 Å². The molecule has 0 saturated carbocycles. The van der Waals surface area contributed by atoms with Gasteiger partial charge in [0.15, 0.2) is 0 Å². The van der Waals surface area contributed by atoms with Crippen LogP contribution in [0, 0.1) is 0 Å². The molecule has 0 atom stereocenters. The first-order valence-corrected chi connectivity index (χ1v) is 12.9. The summed E-state index contributed by atoms with van der Waals surface area (Å²) in [4.78, 5) is 1.08. The van der Waals surface area contributed by atoms with Gasteiger partial charge >= 0.3 is 0 Å². The molecule has 1 aliphatic rings. The first-order valence-electron chi connectivity index (χ1n) is 9.14. The molecule has 2 heterocycles. The Kier molecular flexibility index (Phi) is 5.48. The minimum absolute atomic E-state index is 0.0128. The van der Waals surface area contributed by atoms with Crippen LogP contribution in [0.25, 0.3) is 10.4 Å². The van der Waals surface area contributed by atoms with Crippen LogP contribution in [0.3, 0.4) is 0 Å². The Morgan fingerprint density at radius 1 is 0.793 bits per heavy atom. The molecule has 0 unspecified atom stereocenters. The zero-order valence-electron chi connectivity index (χ0n) is 15.5. The van der Waals surface area contributed by atoms with Crippen LogP contribution >= 0.6 is 11.3 Å². The van der Waals surface area contributed by atoms with Crippen LogP contribution in [0.15, 0.2) is 75.8 Å². The van der Waals surface area contributed by atoms with Crippen molar-refractivity contribution in [2.75, 3.05) is 17.8 Å². The van der Waals surface area contributed by atoms with Crippen molar-refractivity contribution in [3.63, 3.8) is 0 Å². The van der Waals surface area contributed by atoms with E-state index in [9.17, 15) is 16.8 Å². The second kappa shape index (κ2) is 7.91. The van der Waals surface area contributed by atoms with Crippen molar-refractivity contribution in [2.24, 2.45) is 0 Å². The van der Waals surface area contributed by atoms with Gasteiger partial charge in [0, 0.05) is 23.5 Å². The van der Waals surface area contributed by atoms with Crippen LogP contribution in [-0.2, 0) is 20.0 Å². The lowest BCUT2D eigenvalue weighted by Crippen LogP contribution is -2.27. The van der Waals surface area contributed by atoms with Gasteiger partial charge in [0.25, 0.3) is 10.0 Å². The Bertz CT molecular complexity index is 1200. The predicted octanol–water partition coefficient (Wildman–Crippen LogP) is 4.00. The lowest BCUT2D eigenvalue weighted by Gasteiger charge is -2.16. The van der Waals surface area contributed by atoms with Gasteiger partial charge in [-0.1, -0.05) is 24.3 Å². The molecule has 152 valence electrons. The van der Waals surface area contributed by atoms with Crippen molar-refractivity contribution in [1.82, 2.24) is 4.31 Å². The van der Waals surface area contributed by atoms with Crippen LogP contribution in [-0.4, -0.2) is 34.2 Å². The minimum Gasteiger partial charge on any atom is -0.279 e. The standard InChI is InChI=1S/C20H20N2O4S3/c23-28(24,21-19-7-2-1-6-18(19)20-8-5-15-27-20)16-9-11-17(12-10-16)29(25,26)22-13-3-4-14-22/h1-2,5-12,15,21H,3-4,13-14H2. The van der Waals surface area contributed by atoms with E-state index in [0.717, 1.165) is 23.3 Å². The van der Waals surface area contributed by atoms with Gasteiger partial charge in [0.05, 0.1) is 15.5 Å². The molecule has 1 aromatic heterocycles. The number of nitrogens with zero attached hydrogens (tertiary/aromatic N) is 1. The number of nitrogens with one attached hydrogen (secondary N) is 1. The molecule has 29 heavy (non-hydrogen) atoms. The summed E-state index contributed by atoms with van der Waals surface area (Å²) >= 11 is 1.52. The molecule has 9 heteroatoms. The Balaban J connectivity index is 1.61. The van der Waals surface area contributed by atoms with E-state index in [0.29, 0.717) is 18.8 Å². The Labute approximate surface area is 174 Å². The molecule has 2 aromatic carbocycles. The highest BCUT2D eigenvalue weighted by molar-refractivity contribution is 7.92. The summed E-state index contributed by atoms with van der Waals surface area (Å²) in [5.74, 6) is 0. The maximum absolute atomic E-state index is 12.9. The minimum atomic E-state index is -3.86. The van der Waals surface area contributed by atoms with Crippen LogP contribution in [0.4, 0.5) is 5.69 Å². The average Bonchev–Trinajstić information content (AvgIpc) is 3.43. The second-order valence-electron chi connectivity index (χ2n) is 6.71. The van der Waals surface area contributed by atoms with Crippen LogP contribution < -0.4 is 4.72 Å². The van der Waals surface area contributed by atoms with Gasteiger partial charge in [-0.3, -0.25) is 4.72 Å². The van der Waals surface area contributed by atoms with Gasteiger partial charge in [-0.15, -0.1) is 11.3 Å². The van der Waals surface area contributed by atoms with E-state index >= 15 is 0 Å². The first-order chi connectivity index (χ1) is 13.9. The predicted molar refractivity (Wildman–Crippen MR) is 115 cm³/mol. The second-order valence-corrected chi connectivity index (χ2v) is 11.3. The van der Waals surface area contributed by atoms with Gasteiger partial charge in [-0.2, -0.15) is 4.31 Å². The summed E-state index contributed by atoms with van der Waals surface area (Å²) in [6.07, 6.45) is 1.69. The van der Waals surface area contributed by atoms with Crippen molar-refractivity contribution >= 4 is 37.1 Å². The molecule has 1 fully saturated rings. The molecule has 0 radical (unpaired) electrons. The maximum atomic E-state index is 12.9. The summed E-state index contributed by atoms with van der Waals surface area (Å²) in [5.41, 5.74) is 1.27. The highest BCUT2D eigenvalue weighted by Gasteiger charge is 2.27. The number of para-hydroxylation sites is 1. The fourth-order valence-corrected chi connectivity index (χ4v) is 6.65. The van der Waals surface area contributed by atoms with Crippen LogP contribution in [0.1, 0.15) is 12.8 Å². The maximum Gasteiger partial charge on any atom is 0.261 e. The number of benzene rings is 2. The van der Waals surface area contributed by atoms with Crippen molar-refractivity contribution in [3.05, 3.63) is 66.0 Å². The smallest absolute Gasteiger partial charge is 0.261 e. The van der Waals surface area contributed by atoms with Crippen molar-refractivity contribution in [1.29, 1.82) is 0 Å². The van der Waals surface area contributed by atoms with E-state index in [2.05, 4.69) is 4.72 Å². The quantitative estimate of drug-likeness (QED) is 0.618. The number of sulfonamides is 2. The zero-order valence-corrected chi connectivity index (χ0v) is 17.9. The monoisotopic (exact) mass is 448 g/mol. The van der Waals surface area contributed by atoms with E-state index in [1.165, 1.54) is 39.9 Å². The lowest BCUT2D eigenvalue weighted by atomic mass is 10.1. The fourth-order valence-electron chi connectivity index (χ4n) is 3.29. The molecular weight excluding hydrogens is 428 g/mol. The summed E-state index contributed by atoms with van der Waals surface area (Å²) < 4.78 is 55.1. The SMILES string of the molecule is O=S(=O)(Nc1ccccc1-c1cccs1)c1ccc(S(=O)(=O)N2CCCC2)cc1. The number of hydrogen-bond acceptors (Lipinski definition) is 5. The normalized spacial score (nSPS) is 15.4. The summed E-state index contributed by atoms with van der Waals surface area (Å²) in [5, 5.41) is 1.93. The molecule has 1 N–H and O–H groups in total. The summed E-state index contributed by atoms with van der Waals surface area (Å²) in [7, 11) is -7.44. The van der Waals surface area contributed by atoms with Crippen molar-refractivity contribution in [2.45, 2.75) is 22.6 Å². The molecule has 3 aromatic rings. The molecule has 1 aliphatic heterocycles. The van der Waals surface area contributed by atoms with Gasteiger partial charge < -0.3 is 0 Å². The number of anilines is 1. The topological polar surface area (TPSA) is 83.5 Å². The molecule has 4 rings (SSSR count). The van der Waals surface area contributed by atoms with Crippen molar-refractivity contribution < 1.29 is 16.8 Å². The van der Waals surface area contributed by atoms with Gasteiger partial charge in [0.1, 0.15) is 0 Å². The summed E-state index contributed by atoms with van der Waals surface area (Å²) in [6.45, 7) is 1.01. The molecule has 0 aliphatic carbocycles. The van der Waals surface area contributed by atoms with Crippen LogP contribution in [0.5, 0.6) is 0 Å². The first kappa shape index (κ1) is 20.1. The van der Waals surface area contributed by atoms with Crippen molar-refractivity contribution in [3.8, 4) is 10.4 Å². The average molecular weight is 449 g/mol. The number of rotatable bonds is 6. The largest absolute Gasteiger partial charge is 0.279 e. The third kappa shape index (κ3) is 4.09. The third-order valence-corrected chi connectivity index (χ3v) is 8.99. The van der Waals surface area contributed by atoms with Crippen LogP contribution in [0.2, 0.25) is 0 Å². The molecule has 6 nitrogen and oxygen atoms in total.